The summed E-state index contributed by atoms with van der Waals surface area (Å²) in [5, 5.41) is 13.6. The Morgan fingerprint density at radius 1 is 1.15 bits per heavy atom. The van der Waals surface area contributed by atoms with Gasteiger partial charge in [0.15, 0.2) is 5.01 Å². The molecule has 5 heteroatoms. The number of pyridine rings is 1. The molecular weight excluding hydrogens is 268 g/mol. The summed E-state index contributed by atoms with van der Waals surface area (Å²) in [4.78, 5) is 4.65. The summed E-state index contributed by atoms with van der Waals surface area (Å²) in [7, 11) is 0. The lowest BCUT2D eigenvalue weighted by Crippen LogP contribution is -2.07. The van der Waals surface area contributed by atoms with E-state index in [1.165, 1.54) is 0 Å². The van der Waals surface area contributed by atoms with Crippen LogP contribution < -0.4 is 5.32 Å². The molecule has 0 amide bonds. The normalized spacial score (nSPS) is 11.3. The molecule has 2 rings (SSSR count). The highest BCUT2D eigenvalue weighted by Gasteiger charge is 2.11. The first-order chi connectivity index (χ1) is 9.47. The minimum Gasteiger partial charge on any atom is -0.360 e. The number of rotatable bonds is 5. The molecule has 0 fully saturated rings. The highest BCUT2D eigenvalue weighted by atomic mass is 32.1. The molecule has 0 atom stereocenters. The second kappa shape index (κ2) is 6.31. The molecule has 20 heavy (non-hydrogen) atoms. The maximum absolute atomic E-state index is 4.65. The summed E-state index contributed by atoms with van der Waals surface area (Å²) < 4.78 is 0. The first-order valence-corrected chi connectivity index (χ1v) is 7.84. The van der Waals surface area contributed by atoms with Crippen LogP contribution in [0.4, 0.5) is 5.13 Å². The summed E-state index contributed by atoms with van der Waals surface area (Å²) in [5.41, 5.74) is 3.21. The van der Waals surface area contributed by atoms with Gasteiger partial charge in [0.05, 0.1) is 0 Å². The van der Waals surface area contributed by atoms with E-state index < -0.39 is 0 Å². The number of anilines is 1. The van der Waals surface area contributed by atoms with Crippen molar-refractivity contribution in [2.24, 2.45) is 5.92 Å². The molecule has 0 aromatic carbocycles. The minimum atomic E-state index is 0.445. The van der Waals surface area contributed by atoms with Crippen molar-refractivity contribution in [3.63, 3.8) is 0 Å². The van der Waals surface area contributed by atoms with Crippen molar-refractivity contribution < 1.29 is 0 Å². The van der Waals surface area contributed by atoms with Crippen LogP contribution in [0, 0.1) is 12.8 Å². The van der Waals surface area contributed by atoms with Crippen molar-refractivity contribution >= 4 is 16.5 Å². The van der Waals surface area contributed by atoms with E-state index in [0.29, 0.717) is 11.8 Å². The van der Waals surface area contributed by atoms with Crippen molar-refractivity contribution in [3.05, 3.63) is 23.5 Å². The highest BCUT2D eigenvalue weighted by Crippen LogP contribution is 2.29. The van der Waals surface area contributed by atoms with Gasteiger partial charge < -0.3 is 5.32 Å². The Morgan fingerprint density at radius 3 is 2.50 bits per heavy atom. The predicted molar refractivity (Wildman–Crippen MR) is 85.3 cm³/mol. The van der Waals surface area contributed by atoms with E-state index in [-0.39, 0.29) is 0 Å². The summed E-state index contributed by atoms with van der Waals surface area (Å²) in [6.07, 6.45) is 0. The van der Waals surface area contributed by atoms with Crippen LogP contribution in [-0.2, 0) is 0 Å². The van der Waals surface area contributed by atoms with Crippen LogP contribution in [-0.4, -0.2) is 21.7 Å². The number of nitrogens with one attached hydrogen (secondary N) is 1. The number of aromatic nitrogens is 3. The minimum absolute atomic E-state index is 0.445. The number of nitrogens with zero attached hydrogens (tertiary/aromatic N) is 3. The van der Waals surface area contributed by atoms with Crippen LogP contribution in [0.5, 0.6) is 0 Å². The molecule has 2 aromatic heterocycles. The predicted octanol–water partition coefficient (Wildman–Crippen LogP) is 4.10. The summed E-state index contributed by atoms with van der Waals surface area (Å²) in [6.45, 7) is 11.6. The fourth-order valence-corrected chi connectivity index (χ4v) is 2.65. The third kappa shape index (κ3) is 3.54. The summed E-state index contributed by atoms with van der Waals surface area (Å²) in [6, 6.07) is 4.18. The molecule has 2 aromatic rings. The lowest BCUT2D eigenvalue weighted by Gasteiger charge is -2.07. The van der Waals surface area contributed by atoms with Crippen molar-refractivity contribution in [1.29, 1.82) is 0 Å². The van der Waals surface area contributed by atoms with E-state index in [1.54, 1.807) is 11.3 Å². The number of aryl methyl sites for hydroxylation is 1. The van der Waals surface area contributed by atoms with Gasteiger partial charge in [0.25, 0.3) is 0 Å². The van der Waals surface area contributed by atoms with Gasteiger partial charge in [-0.1, -0.05) is 39.0 Å². The Hall–Kier alpha value is -1.49. The Labute approximate surface area is 124 Å². The van der Waals surface area contributed by atoms with Gasteiger partial charge in [-0.05, 0) is 30.9 Å². The number of hydrogen-bond donors (Lipinski definition) is 1. The van der Waals surface area contributed by atoms with Gasteiger partial charge in [0, 0.05) is 23.5 Å². The molecule has 0 radical (unpaired) electrons. The van der Waals surface area contributed by atoms with E-state index >= 15 is 0 Å². The van der Waals surface area contributed by atoms with Crippen molar-refractivity contribution in [3.8, 4) is 10.6 Å². The van der Waals surface area contributed by atoms with Crippen LogP contribution in [0.2, 0.25) is 0 Å². The van der Waals surface area contributed by atoms with Crippen molar-refractivity contribution in [1.82, 2.24) is 15.2 Å². The molecule has 0 bridgehead atoms. The monoisotopic (exact) mass is 290 g/mol. The fraction of sp³-hybridized carbons (Fsp3) is 0.533. The smallest absolute Gasteiger partial charge is 0.206 e. The van der Waals surface area contributed by atoms with E-state index in [1.807, 2.05) is 6.92 Å². The molecule has 0 saturated heterocycles. The SMILES string of the molecule is Cc1nc(C(C)C)ccc1-c1nnc(NCC(C)C)s1. The van der Waals surface area contributed by atoms with Crippen LogP contribution in [0.25, 0.3) is 10.6 Å². The van der Waals surface area contributed by atoms with Gasteiger partial charge in [-0.3, -0.25) is 4.98 Å². The average molecular weight is 290 g/mol. The summed E-state index contributed by atoms with van der Waals surface area (Å²) in [5.74, 6) is 1.04. The second-order valence-electron chi connectivity index (χ2n) is 5.71. The van der Waals surface area contributed by atoms with E-state index in [4.69, 9.17) is 0 Å². The maximum atomic E-state index is 4.65. The molecule has 1 N–H and O–H groups in total. The molecular formula is C15H22N4S. The zero-order chi connectivity index (χ0) is 14.7. The van der Waals surface area contributed by atoms with Gasteiger partial charge in [0.1, 0.15) is 0 Å². The topological polar surface area (TPSA) is 50.7 Å². The molecule has 2 heterocycles. The van der Waals surface area contributed by atoms with Gasteiger partial charge in [-0.15, -0.1) is 10.2 Å². The van der Waals surface area contributed by atoms with Gasteiger partial charge in [-0.2, -0.15) is 0 Å². The summed E-state index contributed by atoms with van der Waals surface area (Å²) >= 11 is 1.58. The third-order valence-electron chi connectivity index (χ3n) is 3.02. The third-order valence-corrected chi connectivity index (χ3v) is 3.93. The first kappa shape index (κ1) is 14.9. The molecule has 108 valence electrons. The largest absolute Gasteiger partial charge is 0.360 e. The quantitative estimate of drug-likeness (QED) is 0.900. The van der Waals surface area contributed by atoms with Crippen molar-refractivity contribution in [2.45, 2.75) is 40.5 Å². The van der Waals surface area contributed by atoms with E-state index in [0.717, 1.165) is 33.6 Å². The lowest BCUT2D eigenvalue weighted by atomic mass is 10.1. The standard InChI is InChI=1S/C15H22N4S/c1-9(2)8-16-15-19-18-14(20-15)12-6-7-13(10(3)4)17-11(12)5/h6-7,9-10H,8H2,1-5H3,(H,16,19). The maximum Gasteiger partial charge on any atom is 0.206 e. The molecule has 0 aliphatic rings. The Morgan fingerprint density at radius 2 is 1.90 bits per heavy atom. The molecule has 4 nitrogen and oxygen atoms in total. The van der Waals surface area contributed by atoms with Gasteiger partial charge in [0.2, 0.25) is 5.13 Å². The average Bonchev–Trinajstić information content (AvgIpc) is 2.84. The van der Waals surface area contributed by atoms with Gasteiger partial charge in [-0.25, -0.2) is 0 Å². The van der Waals surface area contributed by atoms with Crippen LogP contribution >= 0.6 is 11.3 Å². The molecule has 0 spiro atoms. The van der Waals surface area contributed by atoms with E-state index in [9.17, 15) is 0 Å². The Balaban J connectivity index is 2.19. The van der Waals surface area contributed by atoms with Crippen LogP contribution in [0.1, 0.15) is 45.0 Å². The Bertz CT molecular complexity index is 575. The zero-order valence-electron chi connectivity index (χ0n) is 12.8. The molecule has 0 aliphatic carbocycles. The van der Waals surface area contributed by atoms with Crippen LogP contribution in [0.3, 0.4) is 0 Å². The molecule has 0 saturated carbocycles. The van der Waals surface area contributed by atoms with E-state index in [2.05, 4.69) is 60.3 Å². The highest BCUT2D eigenvalue weighted by molar-refractivity contribution is 7.18. The molecule has 0 unspecified atom stereocenters. The fourth-order valence-electron chi connectivity index (χ4n) is 1.82. The molecule has 0 aliphatic heterocycles. The zero-order valence-corrected chi connectivity index (χ0v) is 13.6. The number of hydrogen-bond acceptors (Lipinski definition) is 5. The van der Waals surface area contributed by atoms with Crippen LogP contribution in [0.15, 0.2) is 12.1 Å². The Kier molecular flexibility index (Phi) is 4.70. The lowest BCUT2D eigenvalue weighted by molar-refractivity contribution is 0.687. The van der Waals surface area contributed by atoms with Gasteiger partial charge >= 0.3 is 0 Å². The first-order valence-electron chi connectivity index (χ1n) is 7.02. The second-order valence-corrected chi connectivity index (χ2v) is 6.69. The van der Waals surface area contributed by atoms with Crippen molar-refractivity contribution in [2.75, 3.05) is 11.9 Å².